The molecule has 0 amide bonds. The van der Waals surface area contributed by atoms with Crippen molar-refractivity contribution in [3.63, 3.8) is 0 Å². The molecule has 0 saturated heterocycles. The van der Waals surface area contributed by atoms with E-state index in [9.17, 15) is 4.79 Å². The minimum Gasteiger partial charge on any atom is -0.494 e. The smallest absolute Gasteiger partial charge is 0.343 e. The number of aliphatic hydroxyl groups is 1. The van der Waals surface area contributed by atoms with Crippen LogP contribution in [0, 0.1) is 0 Å². The van der Waals surface area contributed by atoms with Gasteiger partial charge in [0.25, 0.3) is 0 Å². The minimum absolute atomic E-state index is 0.251. The zero-order valence-corrected chi connectivity index (χ0v) is 13.1. The highest BCUT2D eigenvalue weighted by Crippen LogP contribution is 2.16. The number of rotatable bonds is 9. The number of esters is 1. The van der Waals surface area contributed by atoms with Gasteiger partial charge in [-0.3, -0.25) is 0 Å². The number of benzene rings is 2. The zero-order chi connectivity index (χ0) is 16.3. The van der Waals surface area contributed by atoms with E-state index in [1.165, 1.54) is 0 Å². The third-order valence-electron chi connectivity index (χ3n) is 3.36. The summed E-state index contributed by atoms with van der Waals surface area (Å²) in [7, 11) is 0. The SMILES string of the molecule is O=C(Oc1ccccc1)c1ccc(OCCCCCCO)cc1. The van der Waals surface area contributed by atoms with Gasteiger partial charge in [0.1, 0.15) is 11.5 Å². The Morgan fingerprint density at radius 1 is 0.826 bits per heavy atom. The summed E-state index contributed by atoms with van der Waals surface area (Å²) in [6.45, 7) is 0.890. The summed E-state index contributed by atoms with van der Waals surface area (Å²) in [5.74, 6) is 0.885. The van der Waals surface area contributed by atoms with Crippen LogP contribution in [0.2, 0.25) is 0 Å². The van der Waals surface area contributed by atoms with Crippen molar-refractivity contribution < 1.29 is 19.4 Å². The summed E-state index contributed by atoms with van der Waals surface area (Å²) >= 11 is 0. The Kier molecular flexibility index (Phi) is 7.14. The summed E-state index contributed by atoms with van der Waals surface area (Å²) < 4.78 is 10.9. The van der Waals surface area contributed by atoms with Crippen molar-refractivity contribution >= 4 is 5.97 Å². The van der Waals surface area contributed by atoms with Crippen LogP contribution < -0.4 is 9.47 Å². The number of unbranched alkanes of at least 4 members (excludes halogenated alkanes) is 3. The van der Waals surface area contributed by atoms with Crippen LogP contribution in [0.3, 0.4) is 0 Å². The van der Waals surface area contributed by atoms with Gasteiger partial charge < -0.3 is 14.6 Å². The highest BCUT2D eigenvalue weighted by molar-refractivity contribution is 5.91. The van der Waals surface area contributed by atoms with Gasteiger partial charge in [0.05, 0.1) is 12.2 Å². The number of hydrogen-bond acceptors (Lipinski definition) is 4. The van der Waals surface area contributed by atoms with Gasteiger partial charge >= 0.3 is 5.97 Å². The van der Waals surface area contributed by atoms with Crippen LogP contribution in [0.25, 0.3) is 0 Å². The Balaban J connectivity index is 1.76. The van der Waals surface area contributed by atoms with E-state index in [0.717, 1.165) is 31.4 Å². The van der Waals surface area contributed by atoms with Gasteiger partial charge in [0.2, 0.25) is 0 Å². The Bertz CT molecular complexity index is 578. The molecule has 122 valence electrons. The van der Waals surface area contributed by atoms with Gasteiger partial charge in [-0.2, -0.15) is 0 Å². The summed E-state index contributed by atoms with van der Waals surface area (Å²) in [6, 6.07) is 15.9. The van der Waals surface area contributed by atoms with Crippen LogP contribution in [0.1, 0.15) is 36.0 Å². The summed E-state index contributed by atoms with van der Waals surface area (Å²) in [5.41, 5.74) is 0.490. The lowest BCUT2D eigenvalue weighted by molar-refractivity contribution is 0.0734. The predicted molar refractivity (Wildman–Crippen MR) is 88.9 cm³/mol. The van der Waals surface area contributed by atoms with E-state index in [2.05, 4.69) is 0 Å². The van der Waals surface area contributed by atoms with Gasteiger partial charge in [-0.25, -0.2) is 4.79 Å². The van der Waals surface area contributed by atoms with Crippen LogP contribution >= 0.6 is 0 Å². The van der Waals surface area contributed by atoms with E-state index in [1.807, 2.05) is 18.2 Å². The van der Waals surface area contributed by atoms with Crippen LogP contribution in [0.15, 0.2) is 54.6 Å². The molecule has 0 saturated carbocycles. The molecule has 0 heterocycles. The molecule has 0 bridgehead atoms. The molecule has 23 heavy (non-hydrogen) atoms. The Labute approximate surface area is 136 Å². The first-order valence-corrected chi connectivity index (χ1v) is 7.90. The number of ether oxygens (including phenoxy) is 2. The quantitative estimate of drug-likeness (QED) is 0.434. The Morgan fingerprint density at radius 2 is 1.52 bits per heavy atom. The van der Waals surface area contributed by atoms with Crippen molar-refractivity contribution in [2.75, 3.05) is 13.2 Å². The maximum atomic E-state index is 12.0. The van der Waals surface area contributed by atoms with Crippen molar-refractivity contribution in [1.82, 2.24) is 0 Å². The summed E-state index contributed by atoms with van der Waals surface area (Å²) in [4.78, 5) is 12.0. The lowest BCUT2D eigenvalue weighted by Gasteiger charge is -2.07. The molecule has 0 aliphatic heterocycles. The van der Waals surface area contributed by atoms with Crippen molar-refractivity contribution in [1.29, 1.82) is 0 Å². The molecule has 1 N–H and O–H groups in total. The van der Waals surface area contributed by atoms with E-state index in [4.69, 9.17) is 14.6 Å². The fourth-order valence-electron chi connectivity index (χ4n) is 2.10. The van der Waals surface area contributed by atoms with Gasteiger partial charge in [-0.05, 0) is 55.7 Å². The molecule has 0 aliphatic carbocycles. The van der Waals surface area contributed by atoms with Gasteiger partial charge in [0, 0.05) is 6.61 Å². The van der Waals surface area contributed by atoms with Gasteiger partial charge in [-0.1, -0.05) is 24.6 Å². The molecule has 0 radical (unpaired) electrons. The number of para-hydroxylation sites is 1. The highest BCUT2D eigenvalue weighted by atomic mass is 16.5. The van der Waals surface area contributed by atoms with E-state index in [0.29, 0.717) is 17.9 Å². The first kappa shape index (κ1) is 17.0. The van der Waals surface area contributed by atoms with E-state index >= 15 is 0 Å². The molecule has 0 spiro atoms. The molecule has 2 rings (SSSR count). The minimum atomic E-state index is -0.383. The molecular weight excluding hydrogens is 292 g/mol. The van der Waals surface area contributed by atoms with Gasteiger partial charge in [0.15, 0.2) is 0 Å². The second kappa shape index (κ2) is 9.64. The lowest BCUT2D eigenvalue weighted by Crippen LogP contribution is -2.08. The zero-order valence-electron chi connectivity index (χ0n) is 13.1. The molecule has 0 unspecified atom stereocenters. The topological polar surface area (TPSA) is 55.8 Å². The fourth-order valence-corrected chi connectivity index (χ4v) is 2.10. The average molecular weight is 314 g/mol. The molecule has 2 aromatic carbocycles. The summed E-state index contributed by atoms with van der Waals surface area (Å²) in [5, 5.41) is 8.70. The normalized spacial score (nSPS) is 10.3. The van der Waals surface area contributed by atoms with Crippen molar-refractivity contribution in [2.45, 2.75) is 25.7 Å². The monoisotopic (exact) mass is 314 g/mol. The molecule has 4 nitrogen and oxygen atoms in total. The van der Waals surface area contributed by atoms with Crippen LogP contribution in [0.4, 0.5) is 0 Å². The molecule has 0 aliphatic rings. The first-order chi connectivity index (χ1) is 11.3. The Hall–Kier alpha value is -2.33. The van der Waals surface area contributed by atoms with Crippen molar-refractivity contribution in [2.24, 2.45) is 0 Å². The molecule has 4 heteroatoms. The third kappa shape index (κ3) is 6.12. The number of hydrogen-bond donors (Lipinski definition) is 1. The predicted octanol–water partition coefficient (Wildman–Crippen LogP) is 3.84. The second-order valence-electron chi connectivity index (χ2n) is 5.21. The standard InChI is InChI=1S/C19H22O4/c20-14-6-1-2-7-15-22-17-12-10-16(11-13-17)19(21)23-18-8-4-3-5-9-18/h3-5,8-13,20H,1-2,6-7,14-15H2. The highest BCUT2D eigenvalue weighted by Gasteiger charge is 2.08. The number of aliphatic hydroxyl groups excluding tert-OH is 1. The molecule has 0 aromatic heterocycles. The van der Waals surface area contributed by atoms with Crippen LogP contribution in [-0.4, -0.2) is 24.3 Å². The van der Waals surface area contributed by atoms with Gasteiger partial charge in [-0.15, -0.1) is 0 Å². The van der Waals surface area contributed by atoms with E-state index < -0.39 is 0 Å². The molecule has 0 fully saturated rings. The second-order valence-corrected chi connectivity index (χ2v) is 5.21. The number of carbonyl (C=O) groups excluding carboxylic acids is 1. The third-order valence-corrected chi connectivity index (χ3v) is 3.36. The largest absolute Gasteiger partial charge is 0.494 e. The Morgan fingerprint density at radius 3 is 2.22 bits per heavy atom. The van der Waals surface area contributed by atoms with Crippen LogP contribution in [0.5, 0.6) is 11.5 Å². The molecular formula is C19H22O4. The van der Waals surface area contributed by atoms with E-state index in [1.54, 1.807) is 36.4 Å². The fraction of sp³-hybridized carbons (Fsp3) is 0.316. The average Bonchev–Trinajstić information content (AvgIpc) is 2.59. The van der Waals surface area contributed by atoms with E-state index in [-0.39, 0.29) is 12.6 Å². The maximum Gasteiger partial charge on any atom is 0.343 e. The molecule has 2 aromatic rings. The summed E-state index contributed by atoms with van der Waals surface area (Å²) in [6.07, 6.45) is 3.86. The maximum absolute atomic E-state index is 12.0. The van der Waals surface area contributed by atoms with Crippen molar-refractivity contribution in [3.05, 3.63) is 60.2 Å². The van der Waals surface area contributed by atoms with Crippen LogP contribution in [-0.2, 0) is 0 Å². The lowest BCUT2D eigenvalue weighted by atomic mass is 10.2. The first-order valence-electron chi connectivity index (χ1n) is 7.90. The molecule has 0 atom stereocenters. The number of carbonyl (C=O) groups is 1. The van der Waals surface area contributed by atoms with Crippen molar-refractivity contribution in [3.8, 4) is 11.5 Å².